The first kappa shape index (κ1) is 10.9. The Bertz CT molecular complexity index is 320. The summed E-state index contributed by atoms with van der Waals surface area (Å²) in [5.74, 6) is 0.0481. The molecule has 0 aromatic heterocycles. The highest BCUT2D eigenvalue weighted by Gasteiger charge is 2.08. The van der Waals surface area contributed by atoms with E-state index < -0.39 is 0 Å². The van der Waals surface area contributed by atoms with Gasteiger partial charge in [0, 0.05) is 0 Å². The minimum Gasteiger partial charge on any atom is -0.321 e. The van der Waals surface area contributed by atoms with Crippen molar-refractivity contribution in [1.29, 1.82) is 0 Å². The Morgan fingerprint density at radius 2 is 2.07 bits per heavy atom. The van der Waals surface area contributed by atoms with Gasteiger partial charge in [0.2, 0.25) is 0 Å². The minimum absolute atomic E-state index is 0.0481. The van der Waals surface area contributed by atoms with Crippen LogP contribution in [0.3, 0.4) is 0 Å². The van der Waals surface area contributed by atoms with Crippen molar-refractivity contribution in [3.05, 3.63) is 35.4 Å². The van der Waals surface area contributed by atoms with Gasteiger partial charge in [0.05, 0.1) is 6.04 Å². The summed E-state index contributed by atoms with van der Waals surface area (Å²) in [6.07, 6.45) is 1.66. The molecular weight excluding hydrogens is 174 g/mol. The van der Waals surface area contributed by atoms with Crippen LogP contribution in [0, 0.1) is 0 Å². The Labute approximate surface area is 85.1 Å². The third kappa shape index (κ3) is 2.96. The molecule has 0 bridgehead atoms. The number of aryl methyl sites for hydroxylation is 1. The van der Waals surface area contributed by atoms with Gasteiger partial charge in [-0.15, -0.1) is 0 Å². The fraction of sp³-hybridized carbons (Fsp3) is 0.417. The molecule has 76 valence electrons. The Morgan fingerprint density at radius 3 is 2.64 bits per heavy atom. The normalized spacial score (nSPS) is 12.5. The van der Waals surface area contributed by atoms with E-state index in [1.54, 1.807) is 0 Å². The Kier molecular flexibility index (Phi) is 3.84. The maximum atomic E-state index is 11.0. The van der Waals surface area contributed by atoms with E-state index in [1.807, 2.05) is 12.1 Å². The van der Waals surface area contributed by atoms with Crippen molar-refractivity contribution < 1.29 is 4.79 Å². The van der Waals surface area contributed by atoms with Crippen LogP contribution >= 0.6 is 0 Å². The molecule has 0 unspecified atom stereocenters. The Morgan fingerprint density at radius 1 is 1.43 bits per heavy atom. The number of carbonyl (C=O) groups is 1. The summed E-state index contributed by atoms with van der Waals surface area (Å²) in [5.41, 5.74) is 8.13. The van der Waals surface area contributed by atoms with Crippen LogP contribution in [0.15, 0.2) is 24.3 Å². The minimum atomic E-state index is -0.359. The number of Topliss-reactive ketones (excluding diaryl/α,β-unsaturated/α-hetero) is 1. The van der Waals surface area contributed by atoms with Crippen molar-refractivity contribution in [3.63, 3.8) is 0 Å². The van der Waals surface area contributed by atoms with Gasteiger partial charge >= 0.3 is 0 Å². The molecular formula is C12H17NO. The van der Waals surface area contributed by atoms with E-state index in [-0.39, 0.29) is 11.8 Å². The maximum Gasteiger partial charge on any atom is 0.146 e. The van der Waals surface area contributed by atoms with E-state index in [1.165, 1.54) is 12.5 Å². The Hall–Kier alpha value is -1.15. The van der Waals surface area contributed by atoms with Crippen LogP contribution in [-0.2, 0) is 17.6 Å². The molecule has 0 saturated heterocycles. The fourth-order valence-corrected chi connectivity index (χ4v) is 1.37. The summed E-state index contributed by atoms with van der Waals surface area (Å²) in [7, 11) is 0. The van der Waals surface area contributed by atoms with Gasteiger partial charge < -0.3 is 5.73 Å². The van der Waals surface area contributed by atoms with Crippen LogP contribution in [-0.4, -0.2) is 11.8 Å². The molecule has 2 heteroatoms. The van der Waals surface area contributed by atoms with E-state index in [0.717, 1.165) is 12.0 Å². The van der Waals surface area contributed by atoms with Crippen LogP contribution in [0.1, 0.15) is 25.0 Å². The number of nitrogens with two attached hydrogens (primary N) is 1. The standard InChI is InChI=1S/C12H17NO/c1-3-10-5-4-6-11(7-10)8-12(13)9(2)14/h4-7,12H,3,8,13H2,1-2H3/t12-/m0/s1. The van der Waals surface area contributed by atoms with E-state index in [0.29, 0.717) is 6.42 Å². The first-order chi connectivity index (χ1) is 6.63. The van der Waals surface area contributed by atoms with Crippen molar-refractivity contribution in [2.24, 2.45) is 5.73 Å². The number of benzene rings is 1. The molecule has 0 aliphatic carbocycles. The van der Waals surface area contributed by atoms with Crippen molar-refractivity contribution >= 4 is 5.78 Å². The van der Waals surface area contributed by atoms with Gasteiger partial charge in [0.15, 0.2) is 0 Å². The van der Waals surface area contributed by atoms with Gasteiger partial charge in [-0.1, -0.05) is 31.2 Å². The number of hydrogen-bond donors (Lipinski definition) is 1. The van der Waals surface area contributed by atoms with E-state index in [4.69, 9.17) is 5.73 Å². The quantitative estimate of drug-likeness (QED) is 0.787. The smallest absolute Gasteiger partial charge is 0.146 e. The Balaban J connectivity index is 2.71. The van der Waals surface area contributed by atoms with Crippen LogP contribution in [0.2, 0.25) is 0 Å². The second kappa shape index (κ2) is 4.91. The van der Waals surface area contributed by atoms with Gasteiger partial charge in [-0.3, -0.25) is 4.79 Å². The molecule has 0 amide bonds. The van der Waals surface area contributed by atoms with Gasteiger partial charge in [-0.25, -0.2) is 0 Å². The zero-order valence-electron chi connectivity index (χ0n) is 8.79. The van der Waals surface area contributed by atoms with Crippen LogP contribution in [0.5, 0.6) is 0 Å². The lowest BCUT2D eigenvalue weighted by Crippen LogP contribution is -2.30. The summed E-state index contributed by atoms with van der Waals surface area (Å²) in [5, 5.41) is 0. The van der Waals surface area contributed by atoms with Crippen LogP contribution < -0.4 is 5.73 Å². The molecule has 1 aromatic rings. The molecule has 2 nitrogen and oxygen atoms in total. The second-order valence-electron chi connectivity index (χ2n) is 3.59. The van der Waals surface area contributed by atoms with Crippen molar-refractivity contribution in [2.45, 2.75) is 32.7 Å². The molecule has 0 aliphatic rings. The molecule has 1 rings (SSSR count). The van der Waals surface area contributed by atoms with E-state index in [2.05, 4.69) is 19.1 Å². The zero-order chi connectivity index (χ0) is 10.6. The molecule has 0 heterocycles. The topological polar surface area (TPSA) is 43.1 Å². The highest BCUT2D eigenvalue weighted by atomic mass is 16.1. The monoisotopic (exact) mass is 191 g/mol. The van der Waals surface area contributed by atoms with Gasteiger partial charge in [-0.05, 0) is 30.9 Å². The average molecular weight is 191 g/mol. The number of ketones is 1. The summed E-state index contributed by atoms with van der Waals surface area (Å²) in [6, 6.07) is 7.87. The molecule has 0 saturated carbocycles. The van der Waals surface area contributed by atoms with E-state index >= 15 is 0 Å². The van der Waals surface area contributed by atoms with Gasteiger partial charge in [0.1, 0.15) is 5.78 Å². The molecule has 0 fully saturated rings. The van der Waals surface area contributed by atoms with Crippen molar-refractivity contribution in [2.75, 3.05) is 0 Å². The number of rotatable bonds is 4. The summed E-state index contributed by atoms with van der Waals surface area (Å²) < 4.78 is 0. The van der Waals surface area contributed by atoms with Crippen molar-refractivity contribution in [3.8, 4) is 0 Å². The van der Waals surface area contributed by atoms with Crippen LogP contribution in [0.25, 0.3) is 0 Å². The van der Waals surface area contributed by atoms with Crippen molar-refractivity contribution in [1.82, 2.24) is 0 Å². The first-order valence-corrected chi connectivity index (χ1v) is 4.97. The number of hydrogen-bond acceptors (Lipinski definition) is 2. The fourth-order valence-electron chi connectivity index (χ4n) is 1.37. The summed E-state index contributed by atoms with van der Waals surface area (Å²) in [6.45, 7) is 3.65. The number of carbonyl (C=O) groups excluding carboxylic acids is 1. The first-order valence-electron chi connectivity index (χ1n) is 4.97. The zero-order valence-corrected chi connectivity index (χ0v) is 8.79. The largest absolute Gasteiger partial charge is 0.321 e. The molecule has 0 spiro atoms. The average Bonchev–Trinajstić information content (AvgIpc) is 2.18. The molecule has 2 N–H and O–H groups in total. The summed E-state index contributed by atoms with van der Waals surface area (Å²) >= 11 is 0. The predicted molar refractivity (Wildman–Crippen MR) is 58.2 cm³/mol. The third-order valence-corrected chi connectivity index (χ3v) is 2.38. The SMILES string of the molecule is CCc1cccc(C[C@H](N)C(C)=O)c1. The third-order valence-electron chi connectivity index (χ3n) is 2.38. The highest BCUT2D eigenvalue weighted by molar-refractivity contribution is 5.81. The molecule has 0 aliphatic heterocycles. The summed E-state index contributed by atoms with van der Waals surface area (Å²) in [4.78, 5) is 11.0. The molecule has 1 aromatic carbocycles. The second-order valence-corrected chi connectivity index (χ2v) is 3.59. The highest BCUT2D eigenvalue weighted by Crippen LogP contribution is 2.08. The lowest BCUT2D eigenvalue weighted by atomic mass is 10.0. The molecule has 1 atom stereocenters. The van der Waals surface area contributed by atoms with E-state index in [9.17, 15) is 4.79 Å². The lowest BCUT2D eigenvalue weighted by molar-refractivity contribution is -0.118. The van der Waals surface area contributed by atoms with Gasteiger partial charge in [-0.2, -0.15) is 0 Å². The molecule has 0 radical (unpaired) electrons. The van der Waals surface area contributed by atoms with Gasteiger partial charge in [0.25, 0.3) is 0 Å². The lowest BCUT2D eigenvalue weighted by Gasteiger charge is -2.08. The predicted octanol–water partition coefficient (Wildman–Crippen LogP) is 1.71. The van der Waals surface area contributed by atoms with Crippen LogP contribution in [0.4, 0.5) is 0 Å². The maximum absolute atomic E-state index is 11.0. The molecule has 14 heavy (non-hydrogen) atoms.